The fourth-order valence-electron chi connectivity index (χ4n) is 2.06. The van der Waals surface area contributed by atoms with Gasteiger partial charge in [0.15, 0.2) is 0 Å². The number of hydrogen-bond acceptors (Lipinski definition) is 2. The van der Waals surface area contributed by atoms with Gasteiger partial charge in [0.05, 0.1) is 17.2 Å². The fourth-order valence-corrected chi connectivity index (χ4v) is 2.06. The molecule has 1 aromatic heterocycles. The monoisotopic (exact) mass is 266 g/mol. The lowest BCUT2D eigenvalue weighted by molar-refractivity contribution is 0.151. The predicted octanol–water partition coefficient (Wildman–Crippen LogP) is 3.76. The number of nitrogens with one attached hydrogen (secondary N) is 1. The molecule has 1 N–H and O–H groups in total. The van der Waals surface area contributed by atoms with E-state index in [1.165, 1.54) is 18.5 Å². The zero-order chi connectivity index (χ0) is 14.0. The summed E-state index contributed by atoms with van der Waals surface area (Å²) in [6.07, 6.45) is 0.724. The molecule has 0 radical (unpaired) electrons. The van der Waals surface area contributed by atoms with Crippen molar-refractivity contribution in [2.24, 2.45) is 0 Å². The van der Waals surface area contributed by atoms with E-state index in [2.05, 4.69) is 9.97 Å². The minimum absolute atomic E-state index is 0.0992. The van der Waals surface area contributed by atoms with Crippen LogP contribution in [0.3, 0.4) is 0 Å². The fraction of sp³-hybridized carbons (Fsp3) is 0.429. The third kappa shape index (κ3) is 2.64. The van der Waals surface area contributed by atoms with E-state index >= 15 is 0 Å². The smallest absolute Gasteiger partial charge is 0.263 e. The van der Waals surface area contributed by atoms with Gasteiger partial charge in [-0.25, -0.2) is 13.8 Å². The highest BCUT2D eigenvalue weighted by Crippen LogP contribution is 2.43. The molecule has 19 heavy (non-hydrogen) atoms. The van der Waals surface area contributed by atoms with Crippen molar-refractivity contribution in [2.75, 3.05) is 0 Å². The second-order valence-electron chi connectivity index (χ2n) is 4.31. The standard InChI is InChI=1S/C12H10F2N2O.C2H6/c13-11(14)7-3-8(6-1-2-6)10-9(4-7)12(17)16-5-15-10;1-2/h3-6,11H,1-2H2,(H,15,16,17);1-2H3. The average molecular weight is 266 g/mol. The Morgan fingerprint density at radius 1 is 1.32 bits per heavy atom. The third-order valence-electron chi connectivity index (χ3n) is 3.06. The quantitative estimate of drug-likeness (QED) is 0.899. The first-order valence-electron chi connectivity index (χ1n) is 6.46. The van der Waals surface area contributed by atoms with Gasteiger partial charge in [-0.05, 0) is 36.5 Å². The summed E-state index contributed by atoms with van der Waals surface area (Å²) in [6.45, 7) is 4.00. The lowest BCUT2D eigenvalue weighted by atomic mass is 10.0. The van der Waals surface area contributed by atoms with Crippen molar-refractivity contribution in [2.45, 2.75) is 39.0 Å². The van der Waals surface area contributed by atoms with E-state index in [0.717, 1.165) is 18.4 Å². The Labute approximate surface area is 109 Å². The number of hydrogen-bond donors (Lipinski definition) is 1. The highest BCUT2D eigenvalue weighted by molar-refractivity contribution is 5.82. The summed E-state index contributed by atoms with van der Waals surface area (Å²) in [5.41, 5.74) is 0.877. The van der Waals surface area contributed by atoms with Gasteiger partial charge in [-0.15, -0.1) is 0 Å². The molecule has 1 saturated carbocycles. The van der Waals surface area contributed by atoms with Crippen molar-refractivity contribution in [1.82, 2.24) is 9.97 Å². The molecule has 5 heteroatoms. The van der Waals surface area contributed by atoms with Crippen LogP contribution in [0.25, 0.3) is 10.9 Å². The van der Waals surface area contributed by atoms with Crippen LogP contribution in [0, 0.1) is 0 Å². The van der Waals surface area contributed by atoms with Crippen molar-refractivity contribution in [3.8, 4) is 0 Å². The number of rotatable bonds is 2. The van der Waals surface area contributed by atoms with Crippen LogP contribution in [-0.4, -0.2) is 9.97 Å². The van der Waals surface area contributed by atoms with E-state index in [-0.39, 0.29) is 22.4 Å². The minimum atomic E-state index is -2.56. The van der Waals surface area contributed by atoms with Crippen molar-refractivity contribution in [1.29, 1.82) is 0 Å². The van der Waals surface area contributed by atoms with Crippen molar-refractivity contribution in [3.63, 3.8) is 0 Å². The van der Waals surface area contributed by atoms with Crippen molar-refractivity contribution in [3.05, 3.63) is 39.9 Å². The summed E-state index contributed by atoms with van der Waals surface area (Å²) >= 11 is 0. The molecule has 0 aliphatic heterocycles. The molecule has 3 nitrogen and oxygen atoms in total. The van der Waals surface area contributed by atoms with Gasteiger partial charge in [-0.1, -0.05) is 13.8 Å². The molecule has 0 atom stereocenters. The van der Waals surface area contributed by atoms with Crippen LogP contribution in [0.4, 0.5) is 8.78 Å². The molecule has 1 aliphatic rings. The van der Waals surface area contributed by atoms with E-state index in [9.17, 15) is 13.6 Å². The highest BCUT2D eigenvalue weighted by atomic mass is 19.3. The zero-order valence-electron chi connectivity index (χ0n) is 10.9. The molecule has 2 aromatic rings. The Balaban J connectivity index is 0.000000637. The number of alkyl halides is 2. The van der Waals surface area contributed by atoms with Gasteiger partial charge >= 0.3 is 0 Å². The summed E-state index contributed by atoms with van der Waals surface area (Å²) < 4.78 is 25.5. The Kier molecular flexibility index (Phi) is 3.93. The SMILES string of the molecule is CC.O=c1[nH]cnc2c(C3CC3)cc(C(F)F)cc12. The normalized spacial score (nSPS) is 14.4. The van der Waals surface area contributed by atoms with Crippen LogP contribution in [0.2, 0.25) is 0 Å². The van der Waals surface area contributed by atoms with Crippen LogP contribution in [0.5, 0.6) is 0 Å². The van der Waals surface area contributed by atoms with Gasteiger partial charge in [0, 0.05) is 5.56 Å². The minimum Gasteiger partial charge on any atom is -0.313 e. The second kappa shape index (κ2) is 5.47. The predicted molar refractivity (Wildman–Crippen MR) is 70.6 cm³/mol. The van der Waals surface area contributed by atoms with E-state index in [0.29, 0.717) is 5.52 Å². The Bertz CT molecular complexity index is 633. The lowest BCUT2D eigenvalue weighted by Crippen LogP contribution is -2.08. The Morgan fingerprint density at radius 3 is 2.58 bits per heavy atom. The molecule has 1 fully saturated rings. The lowest BCUT2D eigenvalue weighted by Gasteiger charge is -2.07. The molecule has 1 heterocycles. The summed E-state index contributed by atoms with van der Waals surface area (Å²) in [5.74, 6) is 0.283. The van der Waals surface area contributed by atoms with E-state index in [1.807, 2.05) is 13.8 Å². The number of H-pyrrole nitrogens is 1. The van der Waals surface area contributed by atoms with Gasteiger partial charge in [-0.2, -0.15) is 0 Å². The summed E-state index contributed by atoms with van der Waals surface area (Å²) in [6, 6.07) is 2.72. The van der Waals surface area contributed by atoms with Gasteiger partial charge in [0.2, 0.25) is 0 Å². The molecule has 102 valence electrons. The van der Waals surface area contributed by atoms with Gasteiger partial charge in [0.1, 0.15) is 0 Å². The molecule has 0 amide bonds. The maximum atomic E-state index is 12.8. The van der Waals surface area contributed by atoms with Crippen LogP contribution < -0.4 is 5.56 Å². The van der Waals surface area contributed by atoms with E-state index in [1.54, 1.807) is 0 Å². The number of benzene rings is 1. The first-order chi connectivity index (χ1) is 9.16. The third-order valence-corrected chi connectivity index (χ3v) is 3.06. The number of fused-ring (bicyclic) bond motifs is 1. The van der Waals surface area contributed by atoms with E-state index in [4.69, 9.17) is 0 Å². The summed E-state index contributed by atoms with van der Waals surface area (Å²) in [7, 11) is 0. The largest absolute Gasteiger partial charge is 0.313 e. The van der Waals surface area contributed by atoms with Crippen molar-refractivity contribution >= 4 is 10.9 Å². The van der Waals surface area contributed by atoms with Crippen LogP contribution in [-0.2, 0) is 0 Å². The Morgan fingerprint density at radius 2 is 2.00 bits per heavy atom. The molecule has 0 saturated heterocycles. The average Bonchev–Trinajstić information content (AvgIpc) is 3.25. The Hall–Kier alpha value is -1.78. The zero-order valence-corrected chi connectivity index (χ0v) is 10.9. The highest BCUT2D eigenvalue weighted by Gasteiger charge is 2.27. The van der Waals surface area contributed by atoms with Gasteiger partial charge < -0.3 is 4.98 Å². The van der Waals surface area contributed by atoms with Gasteiger partial charge in [-0.3, -0.25) is 4.79 Å². The molecule has 0 spiro atoms. The van der Waals surface area contributed by atoms with Crippen molar-refractivity contribution < 1.29 is 8.78 Å². The first-order valence-corrected chi connectivity index (χ1v) is 6.46. The number of aromatic nitrogens is 2. The second-order valence-corrected chi connectivity index (χ2v) is 4.31. The summed E-state index contributed by atoms with van der Waals surface area (Å²) in [4.78, 5) is 18.1. The maximum Gasteiger partial charge on any atom is 0.263 e. The van der Waals surface area contributed by atoms with Crippen LogP contribution in [0.1, 0.15) is 50.2 Å². The molecule has 1 aromatic carbocycles. The molecular weight excluding hydrogens is 250 g/mol. The van der Waals surface area contributed by atoms with Gasteiger partial charge in [0.25, 0.3) is 12.0 Å². The topological polar surface area (TPSA) is 45.8 Å². The molecule has 1 aliphatic carbocycles. The number of aromatic amines is 1. The molecule has 0 unspecified atom stereocenters. The molecule has 0 bridgehead atoms. The number of nitrogens with zero attached hydrogens (tertiary/aromatic N) is 1. The van der Waals surface area contributed by atoms with E-state index < -0.39 is 6.43 Å². The number of halogens is 2. The summed E-state index contributed by atoms with van der Waals surface area (Å²) in [5, 5.41) is 0.257. The van der Waals surface area contributed by atoms with Crippen LogP contribution >= 0.6 is 0 Å². The molecule has 3 rings (SSSR count). The first kappa shape index (κ1) is 13.6. The van der Waals surface area contributed by atoms with Crippen LogP contribution in [0.15, 0.2) is 23.3 Å². The maximum absolute atomic E-state index is 12.8. The molecular formula is C14H16F2N2O.